The molecule has 0 aromatic rings. The monoisotopic (exact) mass is 257 g/mol. The average Bonchev–Trinajstić information content (AvgIpc) is 2.74. The highest BCUT2D eigenvalue weighted by Crippen LogP contribution is 2.31. The van der Waals surface area contributed by atoms with Crippen molar-refractivity contribution >= 4 is 34.7 Å². The maximum atomic E-state index is 5.46. The molecule has 0 bridgehead atoms. The normalized spacial score (nSPS) is 33.5. The van der Waals surface area contributed by atoms with Crippen molar-refractivity contribution in [2.75, 3.05) is 26.9 Å². The minimum Gasteiger partial charge on any atom is -0.339 e. The summed E-state index contributed by atoms with van der Waals surface area (Å²) < 4.78 is 0. The van der Waals surface area contributed by atoms with Crippen molar-refractivity contribution in [2.24, 2.45) is 0 Å². The fourth-order valence-electron chi connectivity index (χ4n) is 2.61. The van der Waals surface area contributed by atoms with E-state index < -0.39 is 0 Å². The number of rotatable bonds is 1. The number of hydrogen-bond donors (Lipinski definition) is 1. The second kappa shape index (κ2) is 3.41. The van der Waals surface area contributed by atoms with Crippen LogP contribution in [0.3, 0.4) is 0 Å². The molecule has 0 amide bonds. The van der Waals surface area contributed by atoms with Gasteiger partial charge in [0.2, 0.25) is 0 Å². The van der Waals surface area contributed by atoms with Crippen LogP contribution in [0.15, 0.2) is 0 Å². The van der Waals surface area contributed by atoms with Gasteiger partial charge in [0, 0.05) is 7.05 Å². The largest absolute Gasteiger partial charge is 0.339 e. The molecule has 7 heteroatoms. The lowest BCUT2D eigenvalue weighted by Gasteiger charge is -2.42. The zero-order chi connectivity index (χ0) is 11.4. The van der Waals surface area contributed by atoms with E-state index in [-0.39, 0.29) is 12.3 Å². The van der Waals surface area contributed by atoms with Gasteiger partial charge in [0.15, 0.2) is 10.2 Å². The van der Waals surface area contributed by atoms with Crippen molar-refractivity contribution in [3.8, 4) is 0 Å². The molecule has 1 N–H and O–H groups in total. The zero-order valence-electron chi connectivity index (χ0n) is 9.38. The van der Waals surface area contributed by atoms with Gasteiger partial charge in [0.25, 0.3) is 0 Å². The van der Waals surface area contributed by atoms with Crippen molar-refractivity contribution in [2.45, 2.75) is 19.3 Å². The van der Waals surface area contributed by atoms with Gasteiger partial charge < -0.3 is 20.0 Å². The maximum absolute atomic E-state index is 5.46. The van der Waals surface area contributed by atoms with E-state index >= 15 is 0 Å². The lowest BCUT2D eigenvalue weighted by Crippen LogP contribution is -2.59. The molecule has 3 rings (SSSR count). The maximum Gasteiger partial charge on any atom is 0.175 e. The van der Waals surface area contributed by atoms with Gasteiger partial charge >= 0.3 is 0 Å². The molecular weight excluding hydrogens is 242 g/mol. The Morgan fingerprint density at radius 1 is 1.31 bits per heavy atom. The standard InChI is InChI=1S/C9H15N5S2/c1-3-12-4-13-7-6(10-8(13)15)11(2)9(16)14(7)5-12/h6-7H,3-5H2,1-2H3,(H,10,15). The summed E-state index contributed by atoms with van der Waals surface area (Å²) in [5, 5.41) is 5.09. The van der Waals surface area contributed by atoms with Crippen molar-refractivity contribution in [1.29, 1.82) is 0 Å². The quantitative estimate of drug-likeness (QED) is 0.639. The second-order valence-corrected chi connectivity index (χ2v) is 5.16. The number of hydrogen-bond acceptors (Lipinski definition) is 3. The molecule has 5 nitrogen and oxygen atoms in total. The Balaban J connectivity index is 1.95. The van der Waals surface area contributed by atoms with Gasteiger partial charge in [-0.2, -0.15) is 0 Å². The molecule has 88 valence electrons. The van der Waals surface area contributed by atoms with Gasteiger partial charge in [-0.15, -0.1) is 0 Å². The lowest BCUT2D eigenvalue weighted by molar-refractivity contribution is 0.0110. The molecule has 0 saturated carbocycles. The molecule has 0 aliphatic carbocycles. The first-order chi connectivity index (χ1) is 7.63. The Morgan fingerprint density at radius 3 is 2.69 bits per heavy atom. The Morgan fingerprint density at radius 2 is 2.00 bits per heavy atom. The van der Waals surface area contributed by atoms with Crippen LogP contribution in [0.4, 0.5) is 0 Å². The highest BCUT2D eigenvalue weighted by molar-refractivity contribution is 7.80. The minimum absolute atomic E-state index is 0.221. The highest BCUT2D eigenvalue weighted by Gasteiger charge is 2.53. The van der Waals surface area contributed by atoms with E-state index in [0.717, 1.165) is 30.1 Å². The van der Waals surface area contributed by atoms with Crippen LogP contribution in [0.5, 0.6) is 0 Å². The van der Waals surface area contributed by atoms with Crippen LogP contribution in [0.25, 0.3) is 0 Å². The smallest absolute Gasteiger partial charge is 0.175 e. The number of thiocarbonyl (C=S) groups is 2. The molecule has 3 aliphatic rings. The SMILES string of the molecule is CCN1CN2C(=S)NC3C2N(C1)C(=S)N3C. The molecule has 0 radical (unpaired) electrons. The third-order valence-corrected chi connectivity index (χ3v) is 4.44. The van der Waals surface area contributed by atoms with E-state index in [4.69, 9.17) is 24.4 Å². The van der Waals surface area contributed by atoms with Crippen molar-refractivity contribution < 1.29 is 0 Å². The first kappa shape index (κ1) is 10.5. The van der Waals surface area contributed by atoms with E-state index in [1.54, 1.807) is 0 Å². The van der Waals surface area contributed by atoms with Gasteiger partial charge in [-0.3, -0.25) is 4.90 Å². The van der Waals surface area contributed by atoms with Gasteiger partial charge in [0.1, 0.15) is 12.3 Å². The molecule has 0 aromatic carbocycles. The number of nitrogens with zero attached hydrogens (tertiary/aromatic N) is 4. The fourth-order valence-corrected chi connectivity index (χ4v) is 3.18. The van der Waals surface area contributed by atoms with Gasteiger partial charge in [-0.1, -0.05) is 6.92 Å². The van der Waals surface area contributed by atoms with E-state index in [1.165, 1.54) is 0 Å². The summed E-state index contributed by atoms with van der Waals surface area (Å²) in [5.74, 6) is 0. The Labute approximate surface area is 106 Å². The molecule has 2 unspecified atom stereocenters. The topological polar surface area (TPSA) is 25.0 Å². The number of nitrogens with one attached hydrogen (secondary N) is 1. The van der Waals surface area contributed by atoms with Crippen LogP contribution in [0.1, 0.15) is 6.92 Å². The summed E-state index contributed by atoms with van der Waals surface area (Å²) in [7, 11) is 2.03. The van der Waals surface area contributed by atoms with E-state index in [1.807, 2.05) is 7.05 Å². The average molecular weight is 257 g/mol. The molecule has 3 fully saturated rings. The first-order valence-corrected chi connectivity index (χ1v) is 6.28. The molecule has 3 saturated heterocycles. The second-order valence-electron chi connectivity index (χ2n) is 4.41. The summed E-state index contributed by atoms with van der Waals surface area (Å²) in [6.07, 6.45) is 0.506. The first-order valence-electron chi connectivity index (χ1n) is 5.46. The van der Waals surface area contributed by atoms with Crippen LogP contribution in [0, 0.1) is 0 Å². The summed E-state index contributed by atoms with van der Waals surface area (Å²) in [6, 6.07) is 0. The fraction of sp³-hybridized carbons (Fsp3) is 0.778. The van der Waals surface area contributed by atoms with Crippen molar-refractivity contribution in [3.05, 3.63) is 0 Å². The highest BCUT2D eigenvalue weighted by atomic mass is 32.1. The predicted octanol–water partition coefficient (Wildman–Crippen LogP) is -0.388. The van der Waals surface area contributed by atoms with Crippen LogP contribution in [-0.4, -0.2) is 69.1 Å². The minimum atomic E-state index is 0.221. The molecule has 0 aromatic heterocycles. The van der Waals surface area contributed by atoms with E-state index in [2.05, 4.69) is 31.8 Å². The van der Waals surface area contributed by atoms with Crippen LogP contribution < -0.4 is 5.32 Å². The summed E-state index contributed by atoms with van der Waals surface area (Å²) in [6.45, 7) is 4.98. The summed E-state index contributed by atoms with van der Waals surface area (Å²) >= 11 is 10.8. The molecular formula is C9H15N5S2. The Hall–Kier alpha value is -0.660. The molecule has 16 heavy (non-hydrogen) atoms. The third kappa shape index (κ3) is 1.19. The zero-order valence-corrected chi connectivity index (χ0v) is 11.0. The predicted molar refractivity (Wildman–Crippen MR) is 69.5 cm³/mol. The van der Waals surface area contributed by atoms with Crippen molar-refractivity contribution in [3.63, 3.8) is 0 Å². The van der Waals surface area contributed by atoms with Crippen LogP contribution in [-0.2, 0) is 0 Å². The Kier molecular flexibility index (Phi) is 2.24. The van der Waals surface area contributed by atoms with Gasteiger partial charge in [-0.25, -0.2) is 0 Å². The Bertz CT molecular complexity index is 360. The third-order valence-electron chi connectivity index (χ3n) is 3.57. The van der Waals surface area contributed by atoms with Crippen molar-refractivity contribution in [1.82, 2.24) is 24.9 Å². The lowest BCUT2D eigenvalue weighted by atomic mass is 10.3. The van der Waals surface area contributed by atoms with E-state index in [0.29, 0.717) is 0 Å². The molecule has 0 spiro atoms. The van der Waals surface area contributed by atoms with Crippen LogP contribution >= 0.6 is 24.4 Å². The molecule has 3 aliphatic heterocycles. The van der Waals surface area contributed by atoms with Crippen LogP contribution in [0.2, 0.25) is 0 Å². The summed E-state index contributed by atoms with van der Waals surface area (Å²) in [4.78, 5) is 8.91. The van der Waals surface area contributed by atoms with E-state index in [9.17, 15) is 0 Å². The van der Waals surface area contributed by atoms with Gasteiger partial charge in [0.05, 0.1) is 13.3 Å². The number of likely N-dealkylation sites (N-methyl/N-ethyl adjacent to an activating group) is 1. The van der Waals surface area contributed by atoms with Gasteiger partial charge in [-0.05, 0) is 31.0 Å². The molecule has 2 atom stereocenters. The molecule has 3 heterocycles. The summed E-state index contributed by atoms with van der Waals surface area (Å²) in [5.41, 5.74) is 0.